The predicted molar refractivity (Wildman–Crippen MR) is 112 cm³/mol. The number of imide groups is 2. The van der Waals surface area contributed by atoms with Crippen LogP contribution in [0.5, 0.6) is 0 Å². The van der Waals surface area contributed by atoms with E-state index in [0.717, 1.165) is 29.2 Å². The van der Waals surface area contributed by atoms with Crippen LogP contribution in [-0.2, 0) is 14.4 Å². The van der Waals surface area contributed by atoms with Crippen LogP contribution in [0.3, 0.4) is 0 Å². The first-order valence-corrected chi connectivity index (χ1v) is 10.4. The highest BCUT2D eigenvalue weighted by molar-refractivity contribution is 6.25. The maximum atomic E-state index is 12.7. The number of aliphatic carboxylic acids is 1. The van der Waals surface area contributed by atoms with Gasteiger partial charge in [0.25, 0.3) is 17.7 Å². The van der Waals surface area contributed by atoms with E-state index in [9.17, 15) is 24.0 Å². The van der Waals surface area contributed by atoms with Crippen molar-refractivity contribution in [1.29, 1.82) is 0 Å². The summed E-state index contributed by atoms with van der Waals surface area (Å²) in [5.74, 6) is -2.83. The number of carbonyl (C=O) groups is 5. The molecule has 3 aliphatic heterocycles. The molecule has 0 bridgehead atoms. The summed E-state index contributed by atoms with van der Waals surface area (Å²) in [7, 11) is 1.64. The zero-order valence-electron chi connectivity index (χ0n) is 17.7. The predicted octanol–water partition coefficient (Wildman–Crippen LogP) is -0.343. The van der Waals surface area contributed by atoms with E-state index in [1.54, 1.807) is 25.2 Å². The van der Waals surface area contributed by atoms with Crippen molar-refractivity contribution in [2.24, 2.45) is 0 Å². The summed E-state index contributed by atoms with van der Waals surface area (Å²) in [6.45, 7) is 0.353. The van der Waals surface area contributed by atoms with Gasteiger partial charge in [0.05, 0.1) is 24.3 Å². The molecule has 32 heavy (non-hydrogen) atoms. The van der Waals surface area contributed by atoms with Crippen LogP contribution in [0.1, 0.15) is 46.4 Å². The summed E-state index contributed by atoms with van der Waals surface area (Å²) in [6.07, 6.45) is 1.93. The van der Waals surface area contributed by atoms with E-state index < -0.39 is 35.6 Å². The molecule has 1 unspecified atom stereocenters. The van der Waals surface area contributed by atoms with Crippen LogP contribution < -0.4 is 10.6 Å². The second-order valence-corrected chi connectivity index (χ2v) is 7.61. The highest BCUT2D eigenvalue weighted by Crippen LogP contribution is 2.33. The standard InChI is InChI=1S/C16H17N3O5.C5H9NO2/c1-17-10-4-2-3-9-13(10)16(24)19(14(9)22)11-5-6-12(21)18(7-8-20)15(11)23;7-5(8)4-2-1-3-6-4/h2-4,11,17,20H,5-8H2,1H3;4,6H,1-3H2,(H,7,8)/t;4-/m.0/s1. The molecule has 2 atom stereocenters. The van der Waals surface area contributed by atoms with E-state index in [1.165, 1.54) is 0 Å². The van der Waals surface area contributed by atoms with Gasteiger partial charge in [0, 0.05) is 19.2 Å². The first kappa shape index (κ1) is 23.4. The maximum Gasteiger partial charge on any atom is 0.320 e. The van der Waals surface area contributed by atoms with E-state index in [0.29, 0.717) is 5.69 Å². The fraction of sp³-hybridized carbons (Fsp3) is 0.476. The molecule has 0 aliphatic carbocycles. The molecule has 1 aromatic carbocycles. The number of carbonyl (C=O) groups excluding carboxylic acids is 4. The van der Waals surface area contributed by atoms with Crippen LogP contribution in [0.25, 0.3) is 0 Å². The summed E-state index contributed by atoms with van der Waals surface area (Å²) in [4.78, 5) is 61.7. The van der Waals surface area contributed by atoms with E-state index in [4.69, 9.17) is 10.2 Å². The first-order valence-electron chi connectivity index (χ1n) is 10.4. The number of hydrogen-bond donors (Lipinski definition) is 4. The molecule has 4 N–H and O–H groups in total. The van der Waals surface area contributed by atoms with Crippen molar-refractivity contribution in [2.75, 3.05) is 32.1 Å². The molecule has 2 saturated heterocycles. The van der Waals surface area contributed by atoms with Gasteiger partial charge in [0.2, 0.25) is 5.91 Å². The Bertz CT molecular complexity index is 942. The lowest BCUT2D eigenvalue weighted by Gasteiger charge is -2.34. The molecule has 11 nitrogen and oxygen atoms in total. The third-order valence-corrected chi connectivity index (χ3v) is 5.69. The van der Waals surface area contributed by atoms with Gasteiger partial charge in [-0.1, -0.05) is 6.07 Å². The van der Waals surface area contributed by atoms with Gasteiger partial charge in [0.1, 0.15) is 12.1 Å². The lowest BCUT2D eigenvalue weighted by Crippen LogP contribution is -2.56. The van der Waals surface area contributed by atoms with E-state index in [1.807, 2.05) is 0 Å². The topological polar surface area (TPSA) is 156 Å². The Morgan fingerprint density at radius 1 is 1.19 bits per heavy atom. The number of likely N-dealkylation sites (tertiary alicyclic amines) is 1. The largest absolute Gasteiger partial charge is 0.480 e. The number of nitrogens with zero attached hydrogens (tertiary/aromatic N) is 2. The number of amides is 4. The molecule has 4 rings (SSSR count). The number of piperidine rings is 1. The quantitative estimate of drug-likeness (QED) is 0.444. The summed E-state index contributed by atoms with van der Waals surface area (Å²) in [6, 6.07) is 3.59. The smallest absolute Gasteiger partial charge is 0.320 e. The first-order chi connectivity index (χ1) is 15.3. The second-order valence-electron chi connectivity index (χ2n) is 7.61. The molecule has 0 spiro atoms. The molecule has 0 aromatic heterocycles. The van der Waals surface area contributed by atoms with Crippen LogP contribution in [0.4, 0.5) is 5.69 Å². The highest BCUT2D eigenvalue weighted by Gasteiger charge is 2.47. The van der Waals surface area contributed by atoms with Gasteiger partial charge in [0.15, 0.2) is 0 Å². The monoisotopic (exact) mass is 446 g/mol. The Hall–Kier alpha value is -3.31. The van der Waals surface area contributed by atoms with Crippen LogP contribution >= 0.6 is 0 Å². The van der Waals surface area contributed by atoms with Crippen molar-refractivity contribution in [1.82, 2.24) is 15.1 Å². The molecule has 3 aliphatic rings. The Balaban J connectivity index is 0.000000305. The van der Waals surface area contributed by atoms with Gasteiger partial charge in [-0.05, 0) is 37.9 Å². The minimum absolute atomic E-state index is 0.0443. The van der Waals surface area contributed by atoms with Crippen LogP contribution in [0.2, 0.25) is 0 Å². The summed E-state index contributed by atoms with van der Waals surface area (Å²) in [5, 5.41) is 23.1. The van der Waals surface area contributed by atoms with Crippen molar-refractivity contribution < 1.29 is 34.2 Å². The zero-order chi connectivity index (χ0) is 23.4. The van der Waals surface area contributed by atoms with Crippen molar-refractivity contribution >= 4 is 35.3 Å². The number of hydrogen-bond acceptors (Lipinski definition) is 8. The third-order valence-electron chi connectivity index (χ3n) is 5.69. The molecule has 0 saturated carbocycles. The Morgan fingerprint density at radius 3 is 2.50 bits per heavy atom. The lowest BCUT2D eigenvalue weighted by atomic mass is 10.0. The molecule has 2 fully saturated rings. The average Bonchev–Trinajstić information content (AvgIpc) is 3.40. The van der Waals surface area contributed by atoms with Crippen molar-refractivity contribution in [3.63, 3.8) is 0 Å². The van der Waals surface area contributed by atoms with Crippen LogP contribution in [0.15, 0.2) is 18.2 Å². The van der Waals surface area contributed by atoms with E-state index in [2.05, 4.69) is 10.6 Å². The Kier molecular flexibility index (Phi) is 7.21. The molecule has 11 heteroatoms. The normalized spacial score (nSPS) is 22.6. The van der Waals surface area contributed by atoms with Gasteiger partial charge in [-0.25, -0.2) is 0 Å². The summed E-state index contributed by atoms with van der Waals surface area (Å²) >= 11 is 0. The Morgan fingerprint density at radius 2 is 1.94 bits per heavy atom. The number of anilines is 1. The number of aliphatic hydroxyl groups is 1. The highest BCUT2D eigenvalue weighted by atomic mass is 16.4. The van der Waals surface area contributed by atoms with Crippen molar-refractivity contribution in [2.45, 2.75) is 37.8 Å². The fourth-order valence-corrected chi connectivity index (χ4v) is 4.09. The number of carboxylic acid groups (broad SMARTS) is 1. The number of rotatable bonds is 5. The molecular formula is C21H26N4O7. The minimum Gasteiger partial charge on any atom is -0.480 e. The molecule has 4 amide bonds. The molecule has 3 heterocycles. The van der Waals surface area contributed by atoms with Crippen molar-refractivity contribution in [3.8, 4) is 0 Å². The van der Waals surface area contributed by atoms with E-state index >= 15 is 0 Å². The number of aliphatic hydroxyl groups excluding tert-OH is 1. The fourth-order valence-electron chi connectivity index (χ4n) is 4.09. The summed E-state index contributed by atoms with van der Waals surface area (Å²) in [5.41, 5.74) is 0.994. The number of fused-ring (bicyclic) bond motifs is 1. The molecule has 172 valence electrons. The summed E-state index contributed by atoms with van der Waals surface area (Å²) < 4.78 is 0. The van der Waals surface area contributed by atoms with Gasteiger partial charge in [-0.3, -0.25) is 33.8 Å². The zero-order valence-corrected chi connectivity index (χ0v) is 17.7. The lowest BCUT2D eigenvalue weighted by molar-refractivity contribution is -0.152. The van der Waals surface area contributed by atoms with Crippen LogP contribution in [-0.4, -0.2) is 88.4 Å². The van der Waals surface area contributed by atoms with Gasteiger partial charge in [-0.15, -0.1) is 0 Å². The Labute approximate surface area is 184 Å². The van der Waals surface area contributed by atoms with Gasteiger partial charge >= 0.3 is 5.97 Å². The average molecular weight is 446 g/mol. The SMILES string of the molecule is CNc1cccc2c1C(=O)N(C1CCC(=O)N(CCO)C1=O)C2=O.O=C(O)[C@@H]1CCCN1. The third kappa shape index (κ3) is 4.34. The van der Waals surface area contributed by atoms with E-state index in [-0.39, 0.29) is 43.2 Å². The molecule has 0 radical (unpaired) electrons. The van der Waals surface area contributed by atoms with Crippen molar-refractivity contribution in [3.05, 3.63) is 29.3 Å². The molecular weight excluding hydrogens is 420 g/mol. The molecule has 1 aromatic rings. The second kappa shape index (κ2) is 9.88. The number of nitrogens with one attached hydrogen (secondary N) is 2. The maximum absolute atomic E-state index is 12.7. The number of β-amino-alcohol motifs (C(OH)–C–C–N with tert-alkyl or cyclic N) is 1. The van der Waals surface area contributed by atoms with Crippen LogP contribution in [0, 0.1) is 0 Å². The van der Waals surface area contributed by atoms with Gasteiger partial charge in [-0.2, -0.15) is 0 Å². The van der Waals surface area contributed by atoms with Gasteiger partial charge < -0.3 is 20.8 Å². The number of benzene rings is 1. The minimum atomic E-state index is -1.02. The number of carboxylic acids is 1.